The molecule has 134 valence electrons. The third-order valence-electron chi connectivity index (χ3n) is 3.77. The average Bonchev–Trinajstić information content (AvgIpc) is 2.61. The maximum atomic E-state index is 12.8. The first-order valence-electron chi connectivity index (χ1n) is 7.65. The number of hydrogen-bond donors (Lipinski definition) is 0. The number of rotatable bonds is 5. The molecule has 0 spiro atoms. The largest absolute Gasteiger partial charge is 0.495 e. The minimum Gasteiger partial charge on any atom is -0.495 e. The maximum absolute atomic E-state index is 12.8. The molecule has 0 unspecified atom stereocenters. The van der Waals surface area contributed by atoms with Gasteiger partial charge in [0, 0.05) is 28.0 Å². The zero-order chi connectivity index (χ0) is 18.7. The fraction of sp³-hybridized carbons (Fsp3) is 0.105. The predicted molar refractivity (Wildman–Crippen MR) is 104 cm³/mol. The number of hydrogen-bond acceptors (Lipinski definition) is 4. The van der Waals surface area contributed by atoms with Crippen molar-refractivity contribution in [2.24, 2.45) is 0 Å². The van der Waals surface area contributed by atoms with E-state index in [1.165, 1.54) is 25.4 Å². The molecule has 0 amide bonds. The minimum absolute atomic E-state index is 0.0562. The Kier molecular flexibility index (Phi) is 5.51. The van der Waals surface area contributed by atoms with Crippen LogP contribution in [0.3, 0.4) is 0 Å². The molecule has 0 radical (unpaired) electrons. The van der Waals surface area contributed by atoms with Crippen LogP contribution in [0.15, 0.2) is 65.8 Å². The Hall–Kier alpha value is -2.08. The van der Waals surface area contributed by atoms with Crippen LogP contribution >= 0.6 is 23.2 Å². The van der Waals surface area contributed by atoms with Gasteiger partial charge >= 0.3 is 0 Å². The van der Waals surface area contributed by atoms with Gasteiger partial charge in [0.1, 0.15) is 10.6 Å². The number of ether oxygens (including phenoxy) is 1. The van der Waals surface area contributed by atoms with E-state index in [0.29, 0.717) is 15.6 Å². The molecular formula is C19H15Cl2NO3S. The molecule has 3 aromatic rings. The normalized spacial score (nSPS) is 11.3. The molecule has 0 saturated carbocycles. The molecule has 0 fully saturated rings. The SMILES string of the molecule is COc1ccc(Cl)cc1S(=O)(=O)Cc1cncc(-c2cccc(Cl)c2)c1. The highest BCUT2D eigenvalue weighted by Gasteiger charge is 2.21. The first-order valence-corrected chi connectivity index (χ1v) is 10.1. The molecule has 0 atom stereocenters. The van der Waals surface area contributed by atoms with E-state index in [4.69, 9.17) is 27.9 Å². The van der Waals surface area contributed by atoms with E-state index in [1.807, 2.05) is 12.1 Å². The lowest BCUT2D eigenvalue weighted by Crippen LogP contribution is -2.07. The molecule has 3 rings (SSSR count). The molecule has 0 bridgehead atoms. The number of aromatic nitrogens is 1. The van der Waals surface area contributed by atoms with Crippen molar-refractivity contribution in [1.29, 1.82) is 0 Å². The van der Waals surface area contributed by atoms with Crippen molar-refractivity contribution < 1.29 is 13.2 Å². The van der Waals surface area contributed by atoms with Crippen LogP contribution in [-0.2, 0) is 15.6 Å². The van der Waals surface area contributed by atoms with Crippen LogP contribution < -0.4 is 4.74 Å². The topological polar surface area (TPSA) is 56.3 Å². The Morgan fingerprint density at radius 2 is 1.73 bits per heavy atom. The van der Waals surface area contributed by atoms with Crippen LogP contribution in [0.25, 0.3) is 11.1 Å². The average molecular weight is 408 g/mol. The van der Waals surface area contributed by atoms with Gasteiger partial charge in [-0.3, -0.25) is 4.98 Å². The fourth-order valence-corrected chi connectivity index (χ4v) is 4.53. The van der Waals surface area contributed by atoms with Crippen molar-refractivity contribution in [2.45, 2.75) is 10.6 Å². The second-order valence-corrected chi connectivity index (χ2v) is 8.48. The van der Waals surface area contributed by atoms with E-state index in [2.05, 4.69) is 4.98 Å². The fourth-order valence-electron chi connectivity index (χ4n) is 2.58. The quantitative estimate of drug-likeness (QED) is 0.594. The molecular weight excluding hydrogens is 393 g/mol. The van der Waals surface area contributed by atoms with Gasteiger partial charge < -0.3 is 4.74 Å². The van der Waals surface area contributed by atoms with Crippen molar-refractivity contribution >= 4 is 33.0 Å². The molecule has 26 heavy (non-hydrogen) atoms. The van der Waals surface area contributed by atoms with E-state index in [0.717, 1.165) is 11.1 Å². The van der Waals surface area contributed by atoms with Crippen molar-refractivity contribution in [1.82, 2.24) is 4.98 Å². The third-order valence-corrected chi connectivity index (χ3v) is 5.94. The van der Waals surface area contributed by atoms with Crippen molar-refractivity contribution in [3.8, 4) is 16.9 Å². The molecule has 0 N–H and O–H groups in total. The summed E-state index contributed by atoms with van der Waals surface area (Å²) in [5, 5.41) is 0.930. The zero-order valence-electron chi connectivity index (χ0n) is 13.8. The molecule has 2 aromatic carbocycles. The van der Waals surface area contributed by atoms with Crippen LogP contribution in [0.5, 0.6) is 5.75 Å². The first-order chi connectivity index (χ1) is 12.4. The summed E-state index contributed by atoms with van der Waals surface area (Å²) in [7, 11) is -2.24. The van der Waals surface area contributed by atoms with Gasteiger partial charge in [-0.1, -0.05) is 35.3 Å². The Morgan fingerprint density at radius 3 is 2.46 bits per heavy atom. The molecule has 0 aliphatic heterocycles. The van der Waals surface area contributed by atoms with Crippen LogP contribution in [0, 0.1) is 0 Å². The summed E-state index contributed by atoms with van der Waals surface area (Å²) in [6.07, 6.45) is 3.20. The van der Waals surface area contributed by atoms with Crippen molar-refractivity contribution in [3.05, 3.63) is 76.5 Å². The Balaban J connectivity index is 1.96. The Labute approximate surface area is 162 Å². The van der Waals surface area contributed by atoms with Gasteiger partial charge in [-0.2, -0.15) is 0 Å². The summed E-state index contributed by atoms with van der Waals surface area (Å²) in [6, 6.07) is 13.6. The highest BCUT2D eigenvalue weighted by Crippen LogP contribution is 2.30. The summed E-state index contributed by atoms with van der Waals surface area (Å²) in [5.41, 5.74) is 2.22. The van der Waals surface area contributed by atoms with Crippen LogP contribution in [-0.4, -0.2) is 20.5 Å². The van der Waals surface area contributed by atoms with Gasteiger partial charge in [-0.15, -0.1) is 0 Å². The second kappa shape index (κ2) is 7.66. The summed E-state index contributed by atoms with van der Waals surface area (Å²) in [6.45, 7) is 0. The lowest BCUT2D eigenvalue weighted by molar-refractivity contribution is 0.402. The van der Waals surface area contributed by atoms with Crippen LogP contribution in [0.4, 0.5) is 0 Å². The van der Waals surface area contributed by atoms with Gasteiger partial charge in [0.25, 0.3) is 0 Å². The second-order valence-electron chi connectivity index (χ2n) is 5.65. The molecule has 1 heterocycles. The van der Waals surface area contributed by atoms with Crippen molar-refractivity contribution in [3.63, 3.8) is 0 Å². The lowest BCUT2D eigenvalue weighted by atomic mass is 10.1. The highest BCUT2D eigenvalue weighted by atomic mass is 35.5. The molecule has 7 heteroatoms. The summed E-state index contributed by atoms with van der Waals surface area (Å²) in [5.74, 6) is 0.0406. The van der Waals surface area contributed by atoms with E-state index < -0.39 is 9.84 Å². The van der Waals surface area contributed by atoms with Gasteiger partial charge in [0.15, 0.2) is 9.84 Å². The molecule has 4 nitrogen and oxygen atoms in total. The first kappa shape index (κ1) is 18.7. The van der Waals surface area contributed by atoms with E-state index in [1.54, 1.807) is 30.5 Å². The number of halogens is 2. The Bertz CT molecular complexity index is 1050. The van der Waals surface area contributed by atoms with Gasteiger partial charge in [-0.25, -0.2) is 8.42 Å². The monoisotopic (exact) mass is 407 g/mol. The van der Waals surface area contributed by atoms with E-state index in [9.17, 15) is 8.42 Å². The predicted octanol–water partition coefficient (Wildman–Crippen LogP) is 5.04. The number of sulfone groups is 1. The highest BCUT2D eigenvalue weighted by molar-refractivity contribution is 7.90. The summed E-state index contributed by atoms with van der Waals surface area (Å²) in [4.78, 5) is 4.22. The molecule has 0 aliphatic carbocycles. The number of pyridine rings is 1. The third kappa shape index (κ3) is 4.18. The Morgan fingerprint density at radius 1 is 0.962 bits per heavy atom. The van der Waals surface area contributed by atoms with E-state index >= 15 is 0 Å². The minimum atomic E-state index is -3.66. The van der Waals surface area contributed by atoms with Crippen molar-refractivity contribution in [2.75, 3.05) is 7.11 Å². The van der Waals surface area contributed by atoms with Crippen LogP contribution in [0.1, 0.15) is 5.56 Å². The van der Waals surface area contributed by atoms with Crippen LogP contribution in [0.2, 0.25) is 10.0 Å². The molecule has 0 aliphatic rings. The number of nitrogens with zero attached hydrogens (tertiary/aromatic N) is 1. The molecule has 0 saturated heterocycles. The maximum Gasteiger partial charge on any atom is 0.186 e. The van der Waals surface area contributed by atoms with E-state index in [-0.39, 0.29) is 16.4 Å². The van der Waals surface area contributed by atoms with Gasteiger partial charge in [0.05, 0.1) is 12.9 Å². The number of benzene rings is 2. The standard InChI is InChI=1S/C19H15Cl2NO3S/c1-25-18-6-5-17(21)9-19(18)26(23,24)12-13-7-15(11-22-10-13)14-3-2-4-16(20)8-14/h2-11H,12H2,1H3. The smallest absolute Gasteiger partial charge is 0.186 e. The zero-order valence-corrected chi connectivity index (χ0v) is 16.1. The molecule has 1 aromatic heterocycles. The van der Waals surface area contributed by atoms with Gasteiger partial charge in [-0.05, 0) is 47.5 Å². The summed E-state index contributed by atoms with van der Waals surface area (Å²) < 4.78 is 30.9. The van der Waals surface area contributed by atoms with Gasteiger partial charge in [0.2, 0.25) is 0 Å². The number of methoxy groups -OCH3 is 1. The summed E-state index contributed by atoms with van der Waals surface area (Å²) >= 11 is 12.0. The lowest BCUT2D eigenvalue weighted by Gasteiger charge is -2.11.